The predicted molar refractivity (Wildman–Crippen MR) is 87.7 cm³/mol. The minimum absolute atomic E-state index is 0.0599. The molecule has 0 saturated carbocycles. The molecule has 1 aromatic heterocycles. The van der Waals surface area contributed by atoms with Gasteiger partial charge in [0.1, 0.15) is 11.1 Å². The van der Waals surface area contributed by atoms with Gasteiger partial charge in [0.15, 0.2) is 6.10 Å². The molecule has 0 aliphatic heterocycles. The van der Waals surface area contributed by atoms with Gasteiger partial charge in [-0.2, -0.15) is 0 Å². The number of aliphatic hydroxyl groups excluding tert-OH is 2. The van der Waals surface area contributed by atoms with E-state index in [9.17, 15) is 15.0 Å². The first kappa shape index (κ1) is 16.9. The van der Waals surface area contributed by atoms with Crippen molar-refractivity contribution in [2.24, 2.45) is 0 Å². The van der Waals surface area contributed by atoms with Crippen LogP contribution in [0.3, 0.4) is 0 Å². The van der Waals surface area contributed by atoms with Crippen LogP contribution in [0.1, 0.15) is 37.8 Å². The van der Waals surface area contributed by atoms with E-state index in [1.54, 1.807) is 7.05 Å². The summed E-state index contributed by atoms with van der Waals surface area (Å²) in [7, 11) is 1.66. The summed E-state index contributed by atoms with van der Waals surface area (Å²) in [4.78, 5) is 18.1. The number of carbonyl (C=O) groups excluding carboxylic acids is 1. The molecule has 22 heavy (non-hydrogen) atoms. The average Bonchev–Trinajstić information content (AvgIpc) is 2.97. The summed E-state index contributed by atoms with van der Waals surface area (Å²) in [5.41, 5.74) is 0.759. The van der Waals surface area contributed by atoms with Gasteiger partial charge in [0, 0.05) is 13.1 Å². The molecule has 0 fully saturated rings. The van der Waals surface area contributed by atoms with Crippen molar-refractivity contribution < 1.29 is 15.0 Å². The number of amides is 1. The van der Waals surface area contributed by atoms with E-state index in [4.69, 9.17) is 0 Å². The van der Waals surface area contributed by atoms with E-state index in [0.717, 1.165) is 23.1 Å². The quantitative estimate of drug-likeness (QED) is 0.856. The lowest BCUT2D eigenvalue weighted by Gasteiger charge is -2.29. The molecule has 5 nitrogen and oxygen atoms in total. The van der Waals surface area contributed by atoms with Crippen LogP contribution in [-0.2, 0) is 4.79 Å². The molecule has 0 saturated heterocycles. The van der Waals surface area contributed by atoms with E-state index >= 15 is 0 Å². The minimum atomic E-state index is -1.49. The van der Waals surface area contributed by atoms with Gasteiger partial charge in [-0.15, -0.1) is 11.3 Å². The van der Waals surface area contributed by atoms with Gasteiger partial charge in [-0.3, -0.25) is 4.79 Å². The van der Waals surface area contributed by atoms with Crippen LogP contribution in [0.15, 0.2) is 24.3 Å². The van der Waals surface area contributed by atoms with Crippen molar-refractivity contribution in [3.8, 4) is 0 Å². The number of aromatic nitrogens is 1. The molecule has 1 aromatic carbocycles. The van der Waals surface area contributed by atoms with E-state index in [1.165, 1.54) is 16.2 Å². The van der Waals surface area contributed by atoms with Gasteiger partial charge >= 0.3 is 0 Å². The van der Waals surface area contributed by atoms with Crippen LogP contribution >= 0.6 is 11.3 Å². The molecule has 0 bridgehead atoms. The van der Waals surface area contributed by atoms with Gasteiger partial charge in [-0.05, 0) is 25.0 Å². The van der Waals surface area contributed by atoms with Gasteiger partial charge in [-0.25, -0.2) is 4.98 Å². The molecule has 0 aliphatic carbocycles. The van der Waals surface area contributed by atoms with Crippen molar-refractivity contribution in [1.29, 1.82) is 0 Å². The second-order valence-electron chi connectivity index (χ2n) is 5.33. The Morgan fingerprint density at radius 3 is 2.50 bits per heavy atom. The number of para-hydroxylation sites is 1. The second-order valence-corrected chi connectivity index (χ2v) is 6.39. The number of hydrogen-bond donors (Lipinski definition) is 2. The third-order valence-electron chi connectivity index (χ3n) is 3.95. The summed E-state index contributed by atoms with van der Waals surface area (Å²) in [6.45, 7) is 3.99. The average molecular weight is 322 g/mol. The molecule has 120 valence electrons. The molecule has 2 N–H and O–H groups in total. The van der Waals surface area contributed by atoms with Crippen molar-refractivity contribution >= 4 is 27.5 Å². The zero-order valence-electron chi connectivity index (χ0n) is 13.1. The van der Waals surface area contributed by atoms with Crippen LogP contribution in [0.25, 0.3) is 10.2 Å². The first-order valence-corrected chi connectivity index (χ1v) is 8.29. The van der Waals surface area contributed by atoms with Crippen LogP contribution in [-0.4, -0.2) is 45.2 Å². The number of rotatable bonds is 6. The lowest BCUT2D eigenvalue weighted by molar-refractivity contribution is -0.147. The number of carbonyl (C=O) groups is 1. The van der Waals surface area contributed by atoms with E-state index in [-0.39, 0.29) is 6.04 Å². The van der Waals surface area contributed by atoms with Gasteiger partial charge in [0.2, 0.25) is 0 Å². The first-order valence-electron chi connectivity index (χ1n) is 7.47. The number of hydrogen-bond acceptors (Lipinski definition) is 5. The minimum Gasteiger partial charge on any atom is -0.383 e. The fraction of sp³-hybridized carbons (Fsp3) is 0.500. The van der Waals surface area contributed by atoms with Gasteiger partial charge in [0.25, 0.3) is 5.91 Å². The summed E-state index contributed by atoms with van der Waals surface area (Å²) in [5, 5.41) is 20.8. The highest BCUT2D eigenvalue weighted by molar-refractivity contribution is 7.18. The molecule has 0 spiro atoms. The number of aliphatic hydroxyl groups is 2. The molecule has 0 aliphatic rings. The summed E-state index contributed by atoms with van der Waals surface area (Å²) >= 11 is 1.29. The summed E-state index contributed by atoms with van der Waals surface area (Å²) in [5.74, 6) is -0.472. The fourth-order valence-electron chi connectivity index (χ4n) is 2.51. The van der Waals surface area contributed by atoms with Crippen LogP contribution < -0.4 is 0 Å². The normalized spacial score (nSPS) is 14.3. The molecule has 2 atom stereocenters. The Kier molecular flexibility index (Phi) is 5.50. The van der Waals surface area contributed by atoms with Crippen molar-refractivity contribution in [2.75, 3.05) is 7.05 Å². The van der Waals surface area contributed by atoms with E-state index < -0.39 is 18.1 Å². The van der Waals surface area contributed by atoms with Gasteiger partial charge in [0.05, 0.1) is 10.2 Å². The molecule has 0 radical (unpaired) electrons. The highest BCUT2D eigenvalue weighted by Gasteiger charge is 2.32. The van der Waals surface area contributed by atoms with E-state index in [0.29, 0.717) is 5.01 Å². The first-order chi connectivity index (χ1) is 10.5. The third-order valence-corrected chi connectivity index (χ3v) is 5.06. The Morgan fingerprint density at radius 2 is 1.91 bits per heavy atom. The zero-order valence-corrected chi connectivity index (χ0v) is 13.9. The zero-order chi connectivity index (χ0) is 16.3. The lowest BCUT2D eigenvalue weighted by atomic mass is 10.1. The Labute approximate surface area is 134 Å². The third kappa shape index (κ3) is 3.29. The summed E-state index contributed by atoms with van der Waals surface area (Å²) in [6.07, 6.45) is -1.18. The maximum atomic E-state index is 12.3. The predicted octanol–water partition coefficient (Wildman–Crippen LogP) is 2.34. The maximum Gasteiger partial charge on any atom is 0.254 e. The maximum absolute atomic E-state index is 12.3. The Bertz CT molecular complexity index is 606. The molecular formula is C16H22N2O3S. The van der Waals surface area contributed by atoms with Crippen LogP contribution in [0, 0.1) is 0 Å². The number of fused-ring (bicyclic) bond motifs is 1. The monoisotopic (exact) mass is 322 g/mol. The number of benzene rings is 1. The smallest absolute Gasteiger partial charge is 0.254 e. The molecule has 2 aromatic rings. The Hall–Kier alpha value is -1.50. The van der Waals surface area contributed by atoms with Gasteiger partial charge in [-0.1, -0.05) is 26.0 Å². The lowest BCUT2D eigenvalue weighted by Crippen LogP contribution is -2.44. The molecule has 2 unspecified atom stereocenters. The van der Waals surface area contributed by atoms with Crippen LogP contribution in [0.2, 0.25) is 0 Å². The second kappa shape index (κ2) is 7.17. The van der Waals surface area contributed by atoms with Gasteiger partial charge < -0.3 is 15.1 Å². The van der Waals surface area contributed by atoms with Crippen LogP contribution in [0.4, 0.5) is 0 Å². The van der Waals surface area contributed by atoms with Crippen molar-refractivity contribution in [2.45, 2.75) is 44.9 Å². The fourth-order valence-corrected chi connectivity index (χ4v) is 3.50. The largest absolute Gasteiger partial charge is 0.383 e. The number of thiazole rings is 1. The van der Waals surface area contributed by atoms with E-state index in [2.05, 4.69) is 4.98 Å². The highest BCUT2D eigenvalue weighted by atomic mass is 32.1. The number of nitrogens with zero attached hydrogens (tertiary/aromatic N) is 2. The van der Waals surface area contributed by atoms with Crippen LogP contribution in [0.5, 0.6) is 0 Å². The molecular weight excluding hydrogens is 300 g/mol. The SMILES string of the molecule is CCC(CC)N(C)C(=O)C(O)C(O)c1nc2ccccc2s1. The molecule has 1 heterocycles. The molecule has 1 amide bonds. The Balaban J connectivity index is 2.17. The standard InChI is InChI=1S/C16H22N2O3S/c1-4-10(5-2)18(3)16(21)14(20)13(19)15-17-11-8-6-7-9-12(11)22-15/h6-10,13-14,19-20H,4-5H2,1-3H3. The van der Waals surface area contributed by atoms with Crippen molar-refractivity contribution in [1.82, 2.24) is 9.88 Å². The topological polar surface area (TPSA) is 73.7 Å². The molecule has 6 heteroatoms. The molecule has 2 rings (SSSR count). The summed E-state index contributed by atoms with van der Waals surface area (Å²) in [6, 6.07) is 7.55. The summed E-state index contributed by atoms with van der Waals surface area (Å²) < 4.78 is 0.921. The van der Waals surface area contributed by atoms with Crippen molar-refractivity contribution in [3.63, 3.8) is 0 Å². The Morgan fingerprint density at radius 1 is 1.27 bits per heavy atom. The number of likely N-dealkylation sites (N-methyl/N-ethyl adjacent to an activating group) is 1. The van der Waals surface area contributed by atoms with E-state index in [1.807, 2.05) is 38.1 Å². The van der Waals surface area contributed by atoms with Crippen molar-refractivity contribution in [3.05, 3.63) is 29.3 Å². The highest BCUT2D eigenvalue weighted by Crippen LogP contribution is 2.28.